The van der Waals surface area contributed by atoms with Gasteiger partial charge in [0.2, 0.25) is 5.91 Å². The van der Waals surface area contributed by atoms with E-state index < -0.39 is 23.7 Å². The number of hydrogen-bond donors (Lipinski definition) is 2. The number of hydrogen-bond acceptors (Lipinski definition) is 4. The summed E-state index contributed by atoms with van der Waals surface area (Å²) in [6, 6.07) is 17.1. The zero-order valence-electron chi connectivity index (χ0n) is 15.0. The van der Waals surface area contributed by atoms with Gasteiger partial charge < -0.3 is 0 Å². The van der Waals surface area contributed by atoms with Crippen LogP contribution in [-0.2, 0) is 11.0 Å². The smallest absolute Gasteiger partial charge is 0.289 e. The van der Waals surface area contributed by atoms with Crippen LogP contribution in [0.5, 0.6) is 0 Å². The monoisotopic (exact) mass is 399 g/mol. The highest BCUT2D eigenvalue weighted by molar-refractivity contribution is 5.84. The third-order valence-electron chi connectivity index (χ3n) is 5.12. The summed E-state index contributed by atoms with van der Waals surface area (Å²) in [5, 5.41) is 9.05. The van der Waals surface area contributed by atoms with Crippen LogP contribution in [0, 0.1) is 5.92 Å². The van der Waals surface area contributed by atoms with Crippen LogP contribution in [0.15, 0.2) is 66.9 Å². The number of amides is 1. The second-order valence-electron chi connectivity index (χ2n) is 6.85. The van der Waals surface area contributed by atoms with Gasteiger partial charge >= 0.3 is 6.18 Å². The van der Waals surface area contributed by atoms with E-state index in [4.69, 9.17) is 5.21 Å². The Morgan fingerprint density at radius 2 is 1.55 bits per heavy atom. The Balaban J connectivity index is 1.61. The minimum atomic E-state index is -4.54. The molecular weight excluding hydrogens is 383 g/mol. The molecule has 1 amide bonds. The second-order valence-corrected chi connectivity index (χ2v) is 6.85. The van der Waals surface area contributed by atoms with Crippen LogP contribution in [0.4, 0.5) is 13.2 Å². The number of halogens is 3. The minimum absolute atomic E-state index is 0.0218. The van der Waals surface area contributed by atoms with Gasteiger partial charge in [0, 0.05) is 23.6 Å². The molecule has 1 aromatic heterocycles. The number of alkyl halides is 3. The summed E-state index contributed by atoms with van der Waals surface area (Å²) in [4.78, 5) is 19.6. The molecule has 8 heteroatoms. The largest absolute Gasteiger partial charge is 0.433 e. The number of carbonyl (C=O) groups is 1. The van der Waals surface area contributed by atoms with Crippen molar-refractivity contribution in [1.29, 1.82) is 0 Å². The molecule has 148 valence electrons. The average molecular weight is 399 g/mol. The van der Waals surface area contributed by atoms with Crippen molar-refractivity contribution in [1.82, 2.24) is 15.4 Å². The maximum Gasteiger partial charge on any atom is 0.433 e. The van der Waals surface area contributed by atoms with Gasteiger partial charge in [-0.05, 0) is 17.2 Å². The highest BCUT2D eigenvalue weighted by Gasteiger charge is 2.56. The highest BCUT2D eigenvalue weighted by Crippen LogP contribution is 2.60. The van der Waals surface area contributed by atoms with Gasteiger partial charge in [0.25, 0.3) is 0 Å². The van der Waals surface area contributed by atoms with Crippen LogP contribution >= 0.6 is 0 Å². The van der Waals surface area contributed by atoms with Crippen molar-refractivity contribution in [3.8, 4) is 11.4 Å². The fourth-order valence-electron chi connectivity index (χ4n) is 3.73. The maximum absolute atomic E-state index is 12.9. The first kappa shape index (κ1) is 19.1. The first-order valence-electron chi connectivity index (χ1n) is 8.89. The molecule has 0 saturated heterocycles. The number of nitrogens with one attached hydrogen (secondary N) is 1. The number of rotatable bonds is 4. The van der Waals surface area contributed by atoms with Crippen LogP contribution in [-0.4, -0.2) is 21.1 Å². The summed E-state index contributed by atoms with van der Waals surface area (Å²) in [5.41, 5.74) is 2.99. The summed E-state index contributed by atoms with van der Waals surface area (Å²) in [6.45, 7) is 0. The van der Waals surface area contributed by atoms with E-state index in [0.29, 0.717) is 5.56 Å². The zero-order chi connectivity index (χ0) is 20.6. The van der Waals surface area contributed by atoms with Crippen LogP contribution in [0.2, 0.25) is 0 Å². The Morgan fingerprint density at radius 3 is 2.14 bits per heavy atom. The summed E-state index contributed by atoms with van der Waals surface area (Å²) < 4.78 is 38.6. The van der Waals surface area contributed by atoms with Crippen LogP contribution < -0.4 is 5.48 Å². The van der Waals surface area contributed by atoms with E-state index in [2.05, 4.69) is 9.97 Å². The van der Waals surface area contributed by atoms with Gasteiger partial charge in [-0.3, -0.25) is 10.0 Å². The Hall–Kier alpha value is -3.26. The maximum atomic E-state index is 12.9. The number of benzene rings is 2. The SMILES string of the molecule is O=C(NO)C1C(c2ccccc2)C1c1ccc(-c2nccc(C(F)(F)F)n2)cc1. The lowest BCUT2D eigenvalue weighted by Crippen LogP contribution is -2.21. The lowest BCUT2D eigenvalue weighted by Gasteiger charge is -2.08. The third-order valence-corrected chi connectivity index (χ3v) is 5.12. The van der Waals surface area contributed by atoms with Gasteiger partial charge in [0.15, 0.2) is 5.82 Å². The van der Waals surface area contributed by atoms with Gasteiger partial charge in [0.1, 0.15) is 5.69 Å². The standard InChI is InChI=1S/C21H16F3N3O2/c22-21(23,24)15-10-11-25-19(26-15)14-8-6-13(7-9-14)17-16(18(17)20(28)27-29)12-4-2-1-3-5-12/h1-11,16-18,29H,(H,27,28). The quantitative estimate of drug-likeness (QED) is 0.510. The Kier molecular flexibility index (Phi) is 4.79. The molecule has 3 unspecified atom stereocenters. The zero-order valence-corrected chi connectivity index (χ0v) is 15.0. The molecule has 0 aliphatic heterocycles. The molecule has 5 nitrogen and oxygen atoms in total. The van der Waals surface area contributed by atoms with Crippen LogP contribution in [0.25, 0.3) is 11.4 Å². The molecule has 0 bridgehead atoms. The Morgan fingerprint density at radius 1 is 0.931 bits per heavy atom. The molecule has 2 N–H and O–H groups in total. The topological polar surface area (TPSA) is 75.1 Å². The lowest BCUT2D eigenvalue weighted by molar-refractivity contribution is -0.141. The van der Waals surface area contributed by atoms with Crippen molar-refractivity contribution in [2.75, 3.05) is 0 Å². The molecule has 0 spiro atoms. The average Bonchev–Trinajstić information content (AvgIpc) is 3.49. The number of nitrogens with zero attached hydrogens (tertiary/aromatic N) is 2. The van der Waals surface area contributed by atoms with Crippen LogP contribution in [0.1, 0.15) is 28.7 Å². The van der Waals surface area contributed by atoms with E-state index >= 15 is 0 Å². The van der Waals surface area contributed by atoms with Crippen molar-refractivity contribution < 1.29 is 23.2 Å². The molecule has 1 aliphatic carbocycles. The lowest BCUT2D eigenvalue weighted by atomic mass is 10.0. The van der Waals surface area contributed by atoms with E-state index in [-0.39, 0.29) is 17.7 Å². The molecule has 2 aromatic carbocycles. The predicted octanol–water partition coefficient (Wildman–Crippen LogP) is 4.17. The normalized spacial score (nSPS) is 20.9. The van der Waals surface area contributed by atoms with Gasteiger partial charge in [-0.15, -0.1) is 0 Å². The molecule has 3 aromatic rings. The predicted molar refractivity (Wildman–Crippen MR) is 97.8 cm³/mol. The van der Waals surface area contributed by atoms with Crippen molar-refractivity contribution in [3.63, 3.8) is 0 Å². The minimum Gasteiger partial charge on any atom is -0.289 e. The summed E-state index contributed by atoms with van der Waals surface area (Å²) in [7, 11) is 0. The summed E-state index contributed by atoms with van der Waals surface area (Å²) in [5.74, 6) is -1.13. The van der Waals surface area contributed by atoms with E-state index in [1.54, 1.807) is 29.7 Å². The molecule has 0 radical (unpaired) electrons. The Labute approximate surface area is 164 Å². The molecule has 3 atom stereocenters. The first-order chi connectivity index (χ1) is 13.9. The molecule has 1 saturated carbocycles. The molecule has 4 rings (SSSR count). The Bertz CT molecular complexity index is 1020. The molecule has 29 heavy (non-hydrogen) atoms. The summed E-state index contributed by atoms with van der Waals surface area (Å²) in [6.07, 6.45) is -3.47. The second kappa shape index (κ2) is 7.29. The van der Waals surface area contributed by atoms with Gasteiger partial charge in [-0.2, -0.15) is 13.2 Å². The van der Waals surface area contributed by atoms with E-state index in [1.165, 1.54) is 0 Å². The van der Waals surface area contributed by atoms with Crippen molar-refractivity contribution in [3.05, 3.63) is 83.7 Å². The van der Waals surface area contributed by atoms with Crippen molar-refractivity contribution >= 4 is 5.91 Å². The van der Waals surface area contributed by atoms with Gasteiger partial charge in [-0.1, -0.05) is 54.6 Å². The van der Waals surface area contributed by atoms with Crippen molar-refractivity contribution in [2.24, 2.45) is 5.92 Å². The fraction of sp³-hybridized carbons (Fsp3) is 0.190. The van der Waals surface area contributed by atoms with Crippen molar-refractivity contribution in [2.45, 2.75) is 18.0 Å². The highest BCUT2D eigenvalue weighted by atomic mass is 19.4. The molecule has 1 aliphatic rings. The number of hydroxylamine groups is 1. The van der Waals surface area contributed by atoms with Gasteiger partial charge in [-0.25, -0.2) is 15.4 Å². The first-order valence-corrected chi connectivity index (χ1v) is 8.89. The van der Waals surface area contributed by atoms with E-state index in [0.717, 1.165) is 23.4 Å². The fourth-order valence-corrected chi connectivity index (χ4v) is 3.73. The van der Waals surface area contributed by atoms with Gasteiger partial charge in [0.05, 0.1) is 5.92 Å². The van der Waals surface area contributed by atoms with E-state index in [9.17, 15) is 18.0 Å². The molecule has 1 fully saturated rings. The summed E-state index contributed by atoms with van der Waals surface area (Å²) >= 11 is 0. The molecular formula is C21H16F3N3O2. The van der Waals surface area contributed by atoms with Crippen LogP contribution in [0.3, 0.4) is 0 Å². The molecule has 1 heterocycles. The number of carbonyl (C=O) groups excluding carboxylic acids is 1. The van der Waals surface area contributed by atoms with E-state index in [1.807, 2.05) is 30.3 Å². The number of aromatic nitrogens is 2. The third kappa shape index (κ3) is 3.71.